The van der Waals surface area contributed by atoms with Crippen LogP contribution in [-0.4, -0.2) is 21.3 Å². The molecular weight excluding hydrogens is 263 g/mol. The maximum absolute atomic E-state index is 14.1. The first kappa shape index (κ1) is 13.9. The Morgan fingerprint density at radius 1 is 1.10 bits per heavy atom. The highest BCUT2D eigenvalue weighted by molar-refractivity contribution is 5.77. The SMILES string of the molecule is CC(C(=O)O)c1ccc(-c2ccc(O)cc2O)c(F)c1. The molecule has 1 atom stereocenters. The van der Waals surface area contributed by atoms with Gasteiger partial charge in [0.25, 0.3) is 0 Å². The first-order chi connectivity index (χ1) is 9.40. The van der Waals surface area contributed by atoms with Crippen molar-refractivity contribution < 1.29 is 24.5 Å². The number of phenolic OH excluding ortho intramolecular Hbond substituents is 2. The molecule has 4 nitrogen and oxygen atoms in total. The first-order valence-corrected chi connectivity index (χ1v) is 5.94. The van der Waals surface area contributed by atoms with E-state index in [1.807, 2.05) is 0 Å². The zero-order chi connectivity index (χ0) is 14.9. The molecule has 3 N–H and O–H groups in total. The van der Waals surface area contributed by atoms with Crippen LogP contribution in [0.2, 0.25) is 0 Å². The van der Waals surface area contributed by atoms with Gasteiger partial charge >= 0.3 is 5.97 Å². The van der Waals surface area contributed by atoms with Crippen LogP contribution in [0.1, 0.15) is 18.4 Å². The number of carbonyl (C=O) groups is 1. The second-order valence-corrected chi connectivity index (χ2v) is 4.50. The number of carboxylic acid groups (broad SMARTS) is 1. The predicted molar refractivity (Wildman–Crippen MR) is 71.2 cm³/mol. The molecule has 104 valence electrons. The number of hydrogen-bond acceptors (Lipinski definition) is 3. The van der Waals surface area contributed by atoms with Crippen LogP contribution in [0.4, 0.5) is 4.39 Å². The van der Waals surface area contributed by atoms with E-state index in [2.05, 4.69) is 0 Å². The van der Waals surface area contributed by atoms with Crippen molar-refractivity contribution in [2.45, 2.75) is 12.8 Å². The van der Waals surface area contributed by atoms with E-state index in [0.717, 1.165) is 12.1 Å². The molecule has 1 unspecified atom stereocenters. The smallest absolute Gasteiger partial charge is 0.310 e. The highest BCUT2D eigenvalue weighted by Crippen LogP contribution is 2.34. The summed E-state index contributed by atoms with van der Waals surface area (Å²) < 4.78 is 14.1. The van der Waals surface area contributed by atoms with E-state index in [1.54, 1.807) is 0 Å². The van der Waals surface area contributed by atoms with Gasteiger partial charge in [0.2, 0.25) is 0 Å². The molecule has 0 bridgehead atoms. The summed E-state index contributed by atoms with van der Waals surface area (Å²) in [7, 11) is 0. The van der Waals surface area contributed by atoms with Crippen molar-refractivity contribution in [3.05, 3.63) is 47.8 Å². The summed E-state index contributed by atoms with van der Waals surface area (Å²) in [5.74, 6) is -2.85. The van der Waals surface area contributed by atoms with Crippen molar-refractivity contribution >= 4 is 5.97 Å². The molecule has 20 heavy (non-hydrogen) atoms. The van der Waals surface area contributed by atoms with E-state index >= 15 is 0 Å². The molecule has 0 aromatic heterocycles. The van der Waals surface area contributed by atoms with Crippen LogP contribution in [0.15, 0.2) is 36.4 Å². The van der Waals surface area contributed by atoms with Gasteiger partial charge in [0.15, 0.2) is 0 Å². The Morgan fingerprint density at radius 3 is 2.30 bits per heavy atom. The third-order valence-corrected chi connectivity index (χ3v) is 3.14. The number of hydrogen-bond donors (Lipinski definition) is 3. The summed E-state index contributed by atoms with van der Waals surface area (Å²) in [5, 5.41) is 27.8. The third kappa shape index (κ3) is 2.56. The number of phenols is 2. The van der Waals surface area contributed by atoms with Crippen LogP contribution < -0.4 is 0 Å². The molecule has 0 aliphatic carbocycles. The molecule has 0 amide bonds. The van der Waals surface area contributed by atoms with E-state index in [1.165, 1.54) is 31.2 Å². The summed E-state index contributed by atoms with van der Waals surface area (Å²) in [4.78, 5) is 10.9. The van der Waals surface area contributed by atoms with E-state index in [-0.39, 0.29) is 22.6 Å². The van der Waals surface area contributed by atoms with Gasteiger partial charge in [-0.2, -0.15) is 0 Å². The second-order valence-electron chi connectivity index (χ2n) is 4.50. The Morgan fingerprint density at radius 2 is 1.75 bits per heavy atom. The van der Waals surface area contributed by atoms with Gasteiger partial charge in [0.05, 0.1) is 5.92 Å². The molecule has 0 heterocycles. The fraction of sp³-hybridized carbons (Fsp3) is 0.133. The van der Waals surface area contributed by atoms with Gasteiger partial charge in [-0.15, -0.1) is 0 Å². The summed E-state index contributed by atoms with van der Waals surface area (Å²) in [5.41, 5.74) is 0.718. The lowest BCUT2D eigenvalue weighted by Crippen LogP contribution is -2.07. The molecule has 5 heteroatoms. The number of benzene rings is 2. The van der Waals surface area contributed by atoms with Crippen LogP contribution in [0, 0.1) is 5.82 Å². The fourth-order valence-electron chi connectivity index (χ4n) is 1.91. The van der Waals surface area contributed by atoms with Gasteiger partial charge in [0, 0.05) is 17.2 Å². The van der Waals surface area contributed by atoms with Crippen LogP contribution in [0.3, 0.4) is 0 Å². The minimum Gasteiger partial charge on any atom is -0.508 e. The largest absolute Gasteiger partial charge is 0.508 e. The number of carboxylic acids is 1. The molecule has 0 aliphatic heterocycles. The van der Waals surface area contributed by atoms with E-state index < -0.39 is 17.7 Å². The van der Waals surface area contributed by atoms with Crippen LogP contribution in [0.25, 0.3) is 11.1 Å². The zero-order valence-electron chi connectivity index (χ0n) is 10.7. The molecule has 0 saturated heterocycles. The monoisotopic (exact) mass is 276 g/mol. The van der Waals surface area contributed by atoms with Gasteiger partial charge in [-0.3, -0.25) is 4.79 Å². The molecule has 0 aliphatic rings. The normalized spacial score (nSPS) is 12.1. The molecule has 2 aromatic rings. The van der Waals surface area contributed by atoms with E-state index in [0.29, 0.717) is 5.56 Å². The average Bonchev–Trinajstić information content (AvgIpc) is 2.38. The van der Waals surface area contributed by atoms with Crippen molar-refractivity contribution in [3.63, 3.8) is 0 Å². The minimum atomic E-state index is -1.04. The standard InChI is InChI=1S/C15H13FO4/c1-8(15(19)20)9-2-4-11(13(16)6-9)12-5-3-10(17)7-14(12)18/h2-8,17-18H,1H3,(H,19,20). The molecule has 0 fully saturated rings. The molecule has 2 rings (SSSR count). The average molecular weight is 276 g/mol. The zero-order valence-corrected chi connectivity index (χ0v) is 10.7. The highest BCUT2D eigenvalue weighted by atomic mass is 19.1. The number of halogens is 1. The topological polar surface area (TPSA) is 77.8 Å². The molecule has 0 saturated carbocycles. The Balaban J connectivity index is 2.47. The van der Waals surface area contributed by atoms with Crippen molar-refractivity contribution in [3.8, 4) is 22.6 Å². The quantitative estimate of drug-likeness (QED) is 0.805. The summed E-state index contributed by atoms with van der Waals surface area (Å²) in [6.45, 7) is 1.47. The van der Waals surface area contributed by atoms with Gasteiger partial charge in [-0.25, -0.2) is 4.39 Å². The number of aliphatic carboxylic acids is 1. The highest BCUT2D eigenvalue weighted by Gasteiger charge is 2.17. The van der Waals surface area contributed by atoms with Crippen LogP contribution >= 0.6 is 0 Å². The Labute approximate surface area is 114 Å². The van der Waals surface area contributed by atoms with Crippen LogP contribution in [0.5, 0.6) is 11.5 Å². The molecule has 2 aromatic carbocycles. The van der Waals surface area contributed by atoms with E-state index in [9.17, 15) is 19.4 Å². The second kappa shape index (κ2) is 5.21. The lowest BCUT2D eigenvalue weighted by Gasteiger charge is -2.10. The van der Waals surface area contributed by atoms with Crippen molar-refractivity contribution in [1.82, 2.24) is 0 Å². The number of aromatic hydroxyl groups is 2. The van der Waals surface area contributed by atoms with Gasteiger partial charge < -0.3 is 15.3 Å². The third-order valence-electron chi connectivity index (χ3n) is 3.14. The van der Waals surface area contributed by atoms with E-state index in [4.69, 9.17) is 5.11 Å². The predicted octanol–water partition coefficient (Wildman–Crippen LogP) is 3.09. The lowest BCUT2D eigenvalue weighted by atomic mass is 9.96. The Hall–Kier alpha value is -2.56. The van der Waals surface area contributed by atoms with Crippen molar-refractivity contribution in [2.24, 2.45) is 0 Å². The fourth-order valence-corrected chi connectivity index (χ4v) is 1.91. The van der Waals surface area contributed by atoms with Gasteiger partial charge in [-0.05, 0) is 30.7 Å². The van der Waals surface area contributed by atoms with Crippen LogP contribution in [-0.2, 0) is 4.79 Å². The Kier molecular flexibility index (Phi) is 3.61. The molecular formula is C15H13FO4. The summed E-state index contributed by atoms with van der Waals surface area (Å²) in [6, 6.07) is 7.90. The number of rotatable bonds is 3. The summed E-state index contributed by atoms with van der Waals surface area (Å²) >= 11 is 0. The van der Waals surface area contributed by atoms with Crippen molar-refractivity contribution in [2.75, 3.05) is 0 Å². The van der Waals surface area contributed by atoms with Gasteiger partial charge in [-0.1, -0.05) is 12.1 Å². The lowest BCUT2D eigenvalue weighted by molar-refractivity contribution is -0.138. The molecule has 0 radical (unpaired) electrons. The molecule has 0 spiro atoms. The van der Waals surface area contributed by atoms with Crippen molar-refractivity contribution in [1.29, 1.82) is 0 Å². The first-order valence-electron chi connectivity index (χ1n) is 5.94. The minimum absolute atomic E-state index is 0.122. The maximum Gasteiger partial charge on any atom is 0.310 e. The van der Waals surface area contributed by atoms with Gasteiger partial charge in [0.1, 0.15) is 17.3 Å². The Bertz CT molecular complexity index is 667. The summed E-state index contributed by atoms with van der Waals surface area (Å²) in [6.07, 6.45) is 0. The maximum atomic E-state index is 14.1.